The molecule has 2 aromatic carbocycles. The van der Waals surface area contributed by atoms with Crippen molar-refractivity contribution in [2.24, 2.45) is 0 Å². The van der Waals surface area contributed by atoms with Crippen molar-refractivity contribution >= 4 is 40.5 Å². The number of nitrogens with zero attached hydrogens (tertiary/aromatic N) is 1. The summed E-state index contributed by atoms with van der Waals surface area (Å²) in [7, 11) is 0. The van der Waals surface area contributed by atoms with Crippen molar-refractivity contribution in [3.63, 3.8) is 0 Å². The summed E-state index contributed by atoms with van der Waals surface area (Å²) in [5, 5.41) is 14.0. The van der Waals surface area contributed by atoms with Gasteiger partial charge >= 0.3 is 0 Å². The van der Waals surface area contributed by atoms with Crippen molar-refractivity contribution in [1.29, 1.82) is 0 Å². The van der Waals surface area contributed by atoms with E-state index in [-0.39, 0.29) is 11.6 Å². The second-order valence-corrected chi connectivity index (χ2v) is 6.14. The molecule has 0 saturated heterocycles. The first-order chi connectivity index (χ1) is 12.5. The summed E-state index contributed by atoms with van der Waals surface area (Å²) in [6, 6.07) is 14.8. The van der Waals surface area contributed by atoms with Gasteiger partial charge in [-0.2, -0.15) is 0 Å². The molecule has 0 radical (unpaired) electrons. The van der Waals surface area contributed by atoms with Gasteiger partial charge in [-0.3, -0.25) is 14.9 Å². The number of halogens is 1. The fourth-order valence-corrected chi connectivity index (χ4v) is 2.96. The molecule has 6 nitrogen and oxygen atoms in total. The normalized spacial score (nSPS) is 14.3. The van der Waals surface area contributed by atoms with Crippen molar-refractivity contribution < 1.29 is 14.1 Å². The Hall–Kier alpha value is -3.38. The van der Waals surface area contributed by atoms with Gasteiger partial charge in [-0.1, -0.05) is 17.7 Å². The minimum absolute atomic E-state index is 0.0144. The highest BCUT2D eigenvalue weighted by atomic mass is 35.5. The Bertz CT molecular complexity index is 1070. The van der Waals surface area contributed by atoms with Crippen molar-refractivity contribution in [3.8, 4) is 11.3 Å². The molecule has 128 valence electrons. The summed E-state index contributed by atoms with van der Waals surface area (Å²) in [5.74, 6) is 0.836. The first-order valence-corrected chi connectivity index (χ1v) is 8.07. The number of nitro groups is 1. The number of anilines is 1. The lowest BCUT2D eigenvalue weighted by molar-refractivity contribution is -0.384. The molecule has 1 amide bonds. The molecule has 0 saturated carbocycles. The predicted octanol–water partition coefficient (Wildman–Crippen LogP) is 5.00. The van der Waals surface area contributed by atoms with Crippen LogP contribution in [0.25, 0.3) is 23.0 Å². The van der Waals surface area contributed by atoms with Crippen LogP contribution >= 0.6 is 11.6 Å². The summed E-state index contributed by atoms with van der Waals surface area (Å²) in [6.07, 6.45) is 1.66. The smallest absolute Gasteiger partial charge is 0.269 e. The molecule has 1 aliphatic heterocycles. The van der Waals surface area contributed by atoms with Gasteiger partial charge in [-0.25, -0.2) is 0 Å². The van der Waals surface area contributed by atoms with Crippen LogP contribution in [0.4, 0.5) is 11.4 Å². The Morgan fingerprint density at radius 3 is 2.58 bits per heavy atom. The highest BCUT2D eigenvalue weighted by Gasteiger charge is 2.24. The second kappa shape index (κ2) is 6.16. The maximum Gasteiger partial charge on any atom is 0.269 e. The van der Waals surface area contributed by atoms with Gasteiger partial charge in [0.1, 0.15) is 11.5 Å². The zero-order valence-corrected chi connectivity index (χ0v) is 14.0. The maximum absolute atomic E-state index is 12.2. The molecule has 0 fully saturated rings. The van der Waals surface area contributed by atoms with Crippen LogP contribution < -0.4 is 5.32 Å². The number of nitro benzene ring substituents is 1. The molecule has 0 atom stereocenters. The van der Waals surface area contributed by atoms with Crippen molar-refractivity contribution in [3.05, 3.63) is 81.1 Å². The van der Waals surface area contributed by atoms with E-state index in [9.17, 15) is 14.9 Å². The van der Waals surface area contributed by atoms with E-state index >= 15 is 0 Å². The van der Waals surface area contributed by atoms with Crippen LogP contribution in [0, 0.1) is 10.1 Å². The number of fused-ring (bicyclic) bond motifs is 1. The summed E-state index contributed by atoms with van der Waals surface area (Å²) < 4.78 is 5.77. The average Bonchev–Trinajstić information content (AvgIpc) is 3.20. The molecule has 0 bridgehead atoms. The standard InChI is InChI=1S/C19H11ClN2O4/c20-12-3-7-15-16(19(23)21-17(15)9-12)10-14-6-8-18(26-14)11-1-4-13(5-2-11)22(24)25/h1-10H,(H,21,23)/b16-10-. The summed E-state index contributed by atoms with van der Waals surface area (Å²) >= 11 is 5.95. The fraction of sp³-hybridized carbons (Fsp3) is 0. The van der Waals surface area contributed by atoms with Gasteiger partial charge in [-0.15, -0.1) is 0 Å². The molecular formula is C19H11ClN2O4. The first kappa shape index (κ1) is 16.1. The van der Waals surface area contributed by atoms with Gasteiger partial charge in [0, 0.05) is 28.3 Å². The lowest BCUT2D eigenvalue weighted by atomic mass is 10.1. The predicted molar refractivity (Wildman–Crippen MR) is 98.8 cm³/mol. The van der Waals surface area contributed by atoms with E-state index < -0.39 is 4.92 Å². The van der Waals surface area contributed by atoms with Crippen LogP contribution in [-0.4, -0.2) is 10.8 Å². The third-order valence-corrected chi connectivity index (χ3v) is 4.28. The van der Waals surface area contributed by atoms with Crippen LogP contribution in [0.2, 0.25) is 5.02 Å². The largest absolute Gasteiger partial charge is 0.457 e. The van der Waals surface area contributed by atoms with E-state index in [1.165, 1.54) is 12.1 Å². The van der Waals surface area contributed by atoms with E-state index in [0.29, 0.717) is 33.4 Å². The Labute approximate surface area is 152 Å². The number of rotatable bonds is 3. The number of hydrogen-bond donors (Lipinski definition) is 1. The van der Waals surface area contributed by atoms with Crippen molar-refractivity contribution in [1.82, 2.24) is 0 Å². The van der Waals surface area contributed by atoms with E-state index in [2.05, 4.69) is 5.32 Å². The molecule has 26 heavy (non-hydrogen) atoms. The molecule has 2 heterocycles. The van der Waals surface area contributed by atoms with Crippen molar-refractivity contribution in [2.75, 3.05) is 5.32 Å². The zero-order valence-electron chi connectivity index (χ0n) is 13.2. The number of amides is 1. The van der Waals surface area contributed by atoms with Gasteiger partial charge in [0.05, 0.1) is 16.2 Å². The van der Waals surface area contributed by atoms with Gasteiger partial charge in [0.2, 0.25) is 0 Å². The molecule has 1 aromatic heterocycles. The third-order valence-electron chi connectivity index (χ3n) is 4.04. The number of carbonyl (C=O) groups excluding carboxylic acids is 1. The van der Waals surface area contributed by atoms with Gasteiger partial charge in [0.25, 0.3) is 11.6 Å². The topological polar surface area (TPSA) is 85.4 Å². The molecule has 4 rings (SSSR count). The average molecular weight is 367 g/mol. The van der Waals surface area contributed by atoms with Gasteiger partial charge < -0.3 is 9.73 Å². The lowest BCUT2D eigenvalue weighted by Crippen LogP contribution is -2.03. The van der Waals surface area contributed by atoms with E-state index in [4.69, 9.17) is 16.0 Å². The summed E-state index contributed by atoms with van der Waals surface area (Å²) in [6.45, 7) is 0. The Morgan fingerprint density at radius 1 is 1.08 bits per heavy atom. The van der Waals surface area contributed by atoms with Gasteiger partial charge in [0.15, 0.2) is 0 Å². The molecule has 0 aliphatic carbocycles. The highest BCUT2D eigenvalue weighted by molar-refractivity contribution is 6.36. The molecular weight excluding hydrogens is 356 g/mol. The summed E-state index contributed by atoms with van der Waals surface area (Å²) in [4.78, 5) is 22.5. The summed E-state index contributed by atoms with van der Waals surface area (Å²) in [5.41, 5.74) is 2.63. The highest BCUT2D eigenvalue weighted by Crippen LogP contribution is 2.35. The SMILES string of the molecule is O=C1Nc2cc(Cl)ccc2/C1=C/c1ccc(-c2ccc([N+](=O)[O-])cc2)o1. The quantitative estimate of drug-likeness (QED) is 0.401. The number of carbonyl (C=O) groups is 1. The maximum atomic E-state index is 12.2. The van der Waals surface area contributed by atoms with E-state index in [0.717, 1.165) is 5.56 Å². The van der Waals surface area contributed by atoms with Crippen LogP contribution in [0.3, 0.4) is 0 Å². The monoisotopic (exact) mass is 366 g/mol. The Balaban J connectivity index is 1.66. The first-order valence-electron chi connectivity index (χ1n) is 7.69. The molecule has 0 spiro atoms. The fourth-order valence-electron chi connectivity index (χ4n) is 2.79. The van der Waals surface area contributed by atoms with Crippen LogP contribution in [-0.2, 0) is 4.79 Å². The molecule has 1 N–H and O–H groups in total. The molecule has 0 unspecified atom stereocenters. The number of nitrogens with one attached hydrogen (secondary N) is 1. The minimum Gasteiger partial charge on any atom is -0.457 e. The van der Waals surface area contributed by atoms with Gasteiger partial charge in [-0.05, 0) is 42.5 Å². The number of hydrogen-bond acceptors (Lipinski definition) is 4. The number of furan rings is 1. The third kappa shape index (κ3) is 2.87. The Morgan fingerprint density at radius 2 is 1.85 bits per heavy atom. The number of benzene rings is 2. The lowest BCUT2D eigenvalue weighted by Gasteiger charge is -1.98. The molecule has 7 heteroatoms. The van der Waals surface area contributed by atoms with Crippen LogP contribution in [0.5, 0.6) is 0 Å². The van der Waals surface area contributed by atoms with Crippen LogP contribution in [0.15, 0.2) is 59.0 Å². The molecule has 1 aliphatic rings. The number of non-ortho nitro benzene ring substituents is 1. The van der Waals surface area contributed by atoms with E-state index in [1.54, 1.807) is 48.5 Å². The van der Waals surface area contributed by atoms with E-state index in [1.807, 2.05) is 0 Å². The zero-order chi connectivity index (χ0) is 18.3. The Kier molecular flexibility index (Phi) is 3.82. The molecule has 3 aromatic rings. The minimum atomic E-state index is -0.454. The van der Waals surface area contributed by atoms with Crippen LogP contribution in [0.1, 0.15) is 11.3 Å². The second-order valence-electron chi connectivity index (χ2n) is 5.71. The van der Waals surface area contributed by atoms with Crippen molar-refractivity contribution in [2.45, 2.75) is 0 Å².